The molecule has 0 bridgehead atoms. The zero-order valence-corrected chi connectivity index (χ0v) is 9.29. The lowest BCUT2D eigenvalue weighted by molar-refractivity contribution is -0.145. The molecule has 2 N–H and O–H groups in total. The quantitative estimate of drug-likeness (QED) is 0.494. The van der Waals surface area contributed by atoms with E-state index in [1.807, 2.05) is 13.8 Å². The number of rotatable bonds is 7. The highest BCUT2D eigenvalue weighted by molar-refractivity contribution is 5.75. The fourth-order valence-corrected chi connectivity index (χ4v) is 1.09. The Balaban J connectivity index is 3.52. The average Bonchev–Trinajstić information content (AvgIpc) is 2.11. The lowest BCUT2D eigenvalue weighted by atomic mass is 10.1. The highest BCUT2D eigenvalue weighted by atomic mass is 16.5. The molecule has 0 rings (SSSR count). The Kier molecular flexibility index (Phi) is 7.42. The third kappa shape index (κ3) is 6.86. The molecule has 0 saturated heterocycles. The van der Waals surface area contributed by atoms with Crippen molar-refractivity contribution in [3.63, 3.8) is 0 Å². The number of carbonyl (C=O) groups excluding carboxylic acids is 1. The minimum atomic E-state index is -0.488. The number of hydrogen-bond donors (Lipinski definition) is 1. The summed E-state index contributed by atoms with van der Waals surface area (Å²) >= 11 is 0. The highest BCUT2D eigenvalue weighted by Gasteiger charge is 2.15. The van der Waals surface area contributed by atoms with Gasteiger partial charge < -0.3 is 15.2 Å². The van der Waals surface area contributed by atoms with E-state index in [1.54, 1.807) is 7.11 Å². The van der Waals surface area contributed by atoms with Gasteiger partial charge in [0.15, 0.2) is 0 Å². The van der Waals surface area contributed by atoms with Gasteiger partial charge in [-0.15, -0.1) is 0 Å². The molecule has 1 atom stereocenters. The second kappa shape index (κ2) is 7.76. The summed E-state index contributed by atoms with van der Waals surface area (Å²) in [6, 6.07) is -0.488. The van der Waals surface area contributed by atoms with Crippen molar-refractivity contribution in [2.75, 3.05) is 20.3 Å². The van der Waals surface area contributed by atoms with Crippen LogP contribution in [0.4, 0.5) is 0 Å². The molecule has 0 aromatic rings. The van der Waals surface area contributed by atoms with Gasteiger partial charge in [-0.25, -0.2) is 0 Å². The predicted octanol–water partition coefficient (Wildman–Crippen LogP) is 0.939. The van der Waals surface area contributed by atoms with Gasteiger partial charge in [0.1, 0.15) is 6.04 Å². The molecule has 0 radical (unpaired) electrons. The second-order valence-electron chi connectivity index (χ2n) is 3.75. The zero-order chi connectivity index (χ0) is 11.0. The fourth-order valence-electron chi connectivity index (χ4n) is 1.09. The first kappa shape index (κ1) is 13.4. The van der Waals surface area contributed by atoms with Crippen molar-refractivity contribution < 1.29 is 14.3 Å². The van der Waals surface area contributed by atoms with E-state index in [9.17, 15) is 4.79 Å². The molecular formula is C10H21NO3. The Morgan fingerprint density at radius 1 is 1.36 bits per heavy atom. The molecular weight excluding hydrogens is 182 g/mol. The Hall–Kier alpha value is -0.610. The van der Waals surface area contributed by atoms with Gasteiger partial charge in [-0.1, -0.05) is 13.8 Å². The molecule has 0 aliphatic carbocycles. The average molecular weight is 203 g/mol. The summed E-state index contributed by atoms with van der Waals surface area (Å²) in [5.74, 6) is 0.103. The third-order valence-corrected chi connectivity index (χ3v) is 1.77. The standard InChI is InChI=1S/C10H21NO3/c1-8(2)7-9(11)10(12)14-6-4-5-13-3/h8-9H,4-7,11H2,1-3H3/t9-/m1/s1. The number of methoxy groups -OCH3 is 1. The molecule has 0 aromatic heterocycles. The number of ether oxygens (including phenoxy) is 2. The normalized spacial score (nSPS) is 12.9. The van der Waals surface area contributed by atoms with E-state index in [2.05, 4.69) is 0 Å². The summed E-state index contributed by atoms with van der Waals surface area (Å²) in [5, 5.41) is 0. The molecule has 84 valence electrons. The van der Waals surface area contributed by atoms with Crippen LogP contribution in [0.5, 0.6) is 0 Å². The first-order valence-electron chi connectivity index (χ1n) is 4.99. The maximum Gasteiger partial charge on any atom is 0.322 e. The number of esters is 1. The molecule has 0 saturated carbocycles. The molecule has 0 heterocycles. The molecule has 4 nitrogen and oxygen atoms in total. The summed E-state index contributed by atoms with van der Waals surface area (Å²) in [4.78, 5) is 11.3. The van der Waals surface area contributed by atoms with Gasteiger partial charge in [0.25, 0.3) is 0 Å². The van der Waals surface area contributed by atoms with Crippen LogP contribution in [0.25, 0.3) is 0 Å². The van der Waals surface area contributed by atoms with Gasteiger partial charge in [0.05, 0.1) is 6.61 Å². The Bertz CT molecular complexity index is 159. The molecule has 0 aliphatic heterocycles. The molecule has 4 heteroatoms. The van der Waals surface area contributed by atoms with Crippen molar-refractivity contribution in [1.29, 1.82) is 0 Å². The lowest BCUT2D eigenvalue weighted by Gasteiger charge is -2.13. The third-order valence-electron chi connectivity index (χ3n) is 1.77. The van der Waals surface area contributed by atoms with E-state index in [4.69, 9.17) is 15.2 Å². The van der Waals surface area contributed by atoms with Crippen LogP contribution in [0, 0.1) is 5.92 Å². The SMILES string of the molecule is COCCCOC(=O)[C@H](N)CC(C)C. The minimum Gasteiger partial charge on any atom is -0.464 e. The molecule has 0 fully saturated rings. The molecule has 14 heavy (non-hydrogen) atoms. The van der Waals surface area contributed by atoms with Crippen LogP contribution in [-0.2, 0) is 14.3 Å². The zero-order valence-electron chi connectivity index (χ0n) is 9.29. The van der Waals surface area contributed by atoms with E-state index >= 15 is 0 Å². The topological polar surface area (TPSA) is 61.5 Å². The van der Waals surface area contributed by atoms with E-state index < -0.39 is 6.04 Å². The summed E-state index contributed by atoms with van der Waals surface area (Å²) in [7, 11) is 1.62. The Morgan fingerprint density at radius 2 is 2.00 bits per heavy atom. The van der Waals surface area contributed by atoms with Gasteiger partial charge in [-0.05, 0) is 12.3 Å². The van der Waals surface area contributed by atoms with Crippen molar-refractivity contribution in [2.45, 2.75) is 32.7 Å². The first-order valence-corrected chi connectivity index (χ1v) is 4.99. The lowest BCUT2D eigenvalue weighted by Crippen LogP contribution is -2.33. The Morgan fingerprint density at radius 3 is 2.50 bits per heavy atom. The van der Waals surface area contributed by atoms with Crippen LogP contribution in [0.15, 0.2) is 0 Å². The van der Waals surface area contributed by atoms with E-state index in [-0.39, 0.29) is 5.97 Å². The smallest absolute Gasteiger partial charge is 0.322 e. The largest absolute Gasteiger partial charge is 0.464 e. The number of nitrogens with two attached hydrogens (primary N) is 1. The van der Waals surface area contributed by atoms with Gasteiger partial charge in [0.2, 0.25) is 0 Å². The minimum absolute atomic E-state index is 0.310. The van der Waals surface area contributed by atoms with E-state index in [0.717, 1.165) is 6.42 Å². The van der Waals surface area contributed by atoms with Crippen LogP contribution in [0.1, 0.15) is 26.7 Å². The van der Waals surface area contributed by atoms with Crippen LogP contribution in [0.2, 0.25) is 0 Å². The summed E-state index contributed by atoms with van der Waals surface area (Å²) < 4.78 is 9.79. The van der Waals surface area contributed by atoms with Crippen LogP contribution < -0.4 is 5.73 Å². The maximum atomic E-state index is 11.3. The highest BCUT2D eigenvalue weighted by Crippen LogP contribution is 2.04. The van der Waals surface area contributed by atoms with Crippen molar-refractivity contribution >= 4 is 5.97 Å². The molecule has 0 unspecified atom stereocenters. The van der Waals surface area contributed by atoms with Crippen LogP contribution >= 0.6 is 0 Å². The molecule has 0 amide bonds. The van der Waals surface area contributed by atoms with Crippen molar-refractivity contribution in [1.82, 2.24) is 0 Å². The van der Waals surface area contributed by atoms with Crippen molar-refractivity contribution in [3.8, 4) is 0 Å². The molecule has 0 spiro atoms. The van der Waals surface area contributed by atoms with Gasteiger partial charge in [-0.2, -0.15) is 0 Å². The monoisotopic (exact) mass is 203 g/mol. The Labute approximate surface area is 85.8 Å². The first-order chi connectivity index (χ1) is 6.57. The molecule has 0 aliphatic rings. The maximum absolute atomic E-state index is 11.3. The second-order valence-corrected chi connectivity index (χ2v) is 3.75. The van der Waals surface area contributed by atoms with E-state index in [0.29, 0.717) is 25.6 Å². The van der Waals surface area contributed by atoms with Gasteiger partial charge in [-0.3, -0.25) is 4.79 Å². The fraction of sp³-hybridized carbons (Fsp3) is 0.900. The van der Waals surface area contributed by atoms with Crippen molar-refractivity contribution in [3.05, 3.63) is 0 Å². The van der Waals surface area contributed by atoms with E-state index in [1.165, 1.54) is 0 Å². The van der Waals surface area contributed by atoms with Crippen LogP contribution in [0.3, 0.4) is 0 Å². The summed E-state index contributed by atoms with van der Waals surface area (Å²) in [6.07, 6.45) is 1.39. The predicted molar refractivity (Wildman–Crippen MR) is 54.9 cm³/mol. The summed E-state index contributed by atoms with van der Waals surface area (Å²) in [6.45, 7) is 5.04. The summed E-state index contributed by atoms with van der Waals surface area (Å²) in [5.41, 5.74) is 5.63. The molecule has 0 aromatic carbocycles. The number of carbonyl (C=O) groups is 1. The van der Waals surface area contributed by atoms with Gasteiger partial charge in [0, 0.05) is 20.1 Å². The van der Waals surface area contributed by atoms with Gasteiger partial charge >= 0.3 is 5.97 Å². The number of hydrogen-bond acceptors (Lipinski definition) is 4. The van der Waals surface area contributed by atoms with Crippen molar-refractivity contribution in [2.24, 2.45) is 11.7 Å². The van der Waals surface area contributed by atoms with Crippen LogP contribution in [-0.4, -0.2) is 32.3 Å².